The van der Waals surface area contributed by atoms with E-state index in [1.54, 1.807) is 24.3 Å². The Bertz CT molecular complexity index is 753. The lowest BCUT2D eigenvalue weighted by atomic mass is 10.2. The second kappa shape index (κ2) is 7.56. The van der Waals surface area contributed by atoms with Crippen LogP contribution in [0.2, 0.25) is 0 Å². The molecular formula is C16H13FN4O2. The Hall–Kier alpha value is -3.40. The number of benzene rings is 2. The molecule has 0 fully saturated rings. The molecule has 2 aromatic carbocycles. The summed E-state index contributed by atoms with van der Waals surface area (Å²) in [6, 6.07) is 13.1. The van der Waals surface area contributed by atoms with E-state index in [0.29, 0.717) is 16.9 Å². The summed E-state index contributed by atoms with van der Waals surface area (Å²) in [6.45, 7) is -0.265. The van der Waals surface area contributed by atoms with Crippen LogP contribution in [0.25, 0.3) is 0 Å². The number of amides is 3. The van der Waals surface area contributed by atoms with Gasteiger partial charge in [0.05, 0.1) is 18.2 Å². The first-order chi connectivity index (χ1) is 11.1. The molecule has 0 bridgehead atoms. The minimum absolute atomic E-state index is 0.265. The summed E-state index contributed by atoms with van der Waals surface area (Å²) in [5.41, 5.74) is 1.28. The molecule has 3 N–H and O–H groups in total. The van der Waals surface area contributed by atoms with E-state index in [-0.39, 0.29) is 6.54 Å². The molecule has 2 rings (SSSR count). The molecular weight excluding hydrogens is 299 g/mol. The van der Waals surface area contributed by atoms with Gasteiger partial charge in [-0.15, -0.1) is 0 Å². The van der Waals surface area contributed by atoms with Gasteiger partial charge in [-0.05, 0) is 42.5 Å². The number of halogens is 1. The maximum atomic E-state index is 13.0. The molecule has 0 aliphatic carbocycles. The molecule has 116 valence electrons. The van der Waals surface area contributed by atoms with Gasteiger partial charge in [0.2, 0.25) is 5.91 Å². The number of anilines is 2. The molecule has 0 aliphatic heterocycles. The average molecular weight is 312 g/mol. The molecule has 7 heteroatoms. The minimum atomic E-state index is -0.566. The Labute approximate surface area is 131 Å². The summed E-state index contributed by atoms with van der Waals surface area (Å²) in [7, 11) is 0. The number of urea groups is 1. The third-order valence-electron chi connectivity index (χ3n) is 2.79. The molecule has 0 saturated carbocycles. The number of nitriles is 1. The van der Waals surface area contributed by atoms with E-state index < -0.39 is 17.8 Å². The van der Waals surface area contributed by atoms with Gasteiger partial charge in [0.1, 0.15) is 5.82 Å². The zero-order valence-corrected chi connectivity index (χ0v) is 12.0. The van der Waals surface area contributed by atoms with Gasteiger partial charge >= 0.3 is 6.03 Å². The number of carbonyl (C=O) groups excluding carboxylic acids is 2. The lowest BCUT2D eigenvalue weighted by Crippen LogP contribution is -2.35. The standard InChI is InChI=1S/C16H13FN4O2/c17-12-2-1-3-14(8-12)20-15(22)10-19-16(23)21-13-6-4-11(9-18)5-7-13/h1-8H,10H2,(H,20,22)(H2,19,21,23). The largest absolute Gasteiger partial charge is 0.329 e. The first-order valence-electron chi connectivity index (χ1n) is 6.67. The van der Waals surface area contributed by atoms with Crippen LogP contribution in [0.4, 0.5) is 20.6 Å². The fraction of sp³-hybridized carbons (Fsp3) is 0.0625. The highest BCUT2D eigenvalue weighted by atomic mass is 19.1. The lowest BCUT2D eigenvalue weighted by Gasteiger charge is -2.08. The van der Waals surface area contributed by atoms with E-state index in [1.807, 2.05) is 6.07 Å². The average Bonchev–Trinajstić information content (AvgIpc) is 2.54. The van der Waals surface area contributed by atoms with Crippen molar-refractivity contribution in [2.45, 2.75) is 0 Å². The first-order valence-corrected chi connectivity index (χ1v) is 6.67. The van der Waals surface area contributed by atoms with Gasteiger partial charge in [-0.3, -0.25) is 4.79 Å². The molecule has 3 amide bonds. The van der Waals surface area contributed by atoms with Gasteiger partial charge < -0.3 is 16.0 Å². The van der Waals surface area contributed by atoms with Crippen molar-refractivity contribution in [2.24, 2.45) is 0 Å². The van der Waals surface area contributed by atoms with Crippen molar-refractivity contribution in [3.8, 4) is 6.07 Å². The van der Waals surface area contributed by atoms with Crippen molar-refractivity contribution in [1.82, 2.24) is 5.32 Å². The number of rotatable bonds is 4. The van der Waals surface area contributed by atoms with Crippen molar-refractivity contribution in [3.63, 3.8) is 0 Å². The van der Waals surface area contributed by atoms with Crippen LogP contribution in [0, 0.1) is 17.1 Å². The fourth-order valence-electron chi connectivity index (χ4n) is 1.74. The Balaban J connectivity index is 1.79. The number of hydrogen-bond acceptors (Lipinski definition) is 3. The summed E-state index contributed by atoms with van der Waals surface area (Å²) >= 11 is 0. The van der Waals surface area contributed by atoms with E-state index in [4.69, 9.17) is 5.26 Å². The first kappa shape index (κ1) is 16.0. The van der Waals surface area contributed by atoms with Gasteiger partial charge in [0, 0.05) is 11.4 Å². The predicted molar refractivity (Wildman–Crippen MR) is 83.2 cm³/mol. The van der Waals surface area contributed by atoms with Crippen LogP contribution in [-0.2, 0) is 4.79 Å². The van der Waals surface area contributed by atoms with Crippen molar-refractivity contribution in [3.05, 3.63) is 59.9 Å². The van der Waals surface area contributed by atoms with Crippen LogP contribution >= 0.6 is 0 Å². The Kier molecular flexibility index (Phi) is 5.25. The highest BCUT2D eigenvalue weighted by Gasteiger charge is 2.06. The van der Waals surface area contributed by atoms with Crippen LogP contribution in [-0.4, -0.2) is 18.5 Å². The molecule has 0 radical (unpaired) electrons. The Morgan fingerprint density at radius 2 is 1.78 bits per heavy atom. The van der Waals surface area contributed by atoms with Crippen molar-refractivity contribution >= 4 is 23.3 Å². The molecule has 23 heavy (non-hydrogen) atoms. The quantitative estimate of drug-likeness (QED) is 0.809. The van der Waals surface area contributed by atoms with E-state index in [9.17, 15) is 14.0 Å². The molecule has 6 nitrogen and oxygen atoms in total. The second-order valence-corrected chi connectivity index (χ2v) is 4.56. The van der Waals surface area contributed by atoms with Gasteiger partial charge in [0.25, 0.3) is 0 Å². The van der Waals surface area contributed by atoms with Crippen LogP contribution < -0.4 is 16.0 Å². The topological polar surface area (TPSA) is 94.0 Å². The maximum absolute atomic E-state index is 13.0. The lowest BCUT2D eigenvalue weighted by molar-refractivity contribution is -0.115. The predicted octanol–water partition coefficient (Wildman–Crippen LogP) is 2.46. The van der Waals surface area contributed by atoms with Crippen molar-refractivity contribution in [2.75, 3.05) is 17.2 Å². The van der Waals surface area contributed by atoms with E-state index in [0.717, 1.165) is 0 Å². The summed E-state index contributed by atoms with van der Waals surface area (Å²) in [5.74, 6) is -0.945. The summed E-state index contributed by atoms with van der Waals surface area (Å²) in [4.78, 5) is 23.3. The summed E-state index contributed by atoms with van der Waals surface area (Å²) in [5, 5.41) is 16.0. The molecule has 0 unspecified atom stereocenters. The summed E-state index contributed by atoms with van der Waals surface area (Å²) in [6.07, 6.45) is 0. The molecule has 0 aromatic heterocycles. The SMILES string of the molecule is N#Cc1ccc(NC(=O)NCC(=O)Nc2cccc(F)c2)cc1. The van der Waals surface area contributed by atoms with Crippen LogP contribution in [0.3, 0.4) is 0 Å². The highest BCUT2D eigenvalue weighted by molar-refractivity contribution is 5.96. The van der Waals surface area contributed by atoms with Crippen molar-refractivity contribution < 1.29 is 14.0 Å². The smallest absolute Gasteiger partial charge is 0.319 e. The minimum Gasteiger partial charge on any atom is -0.329 e. The van der Waals surface area contributed by atoms with Gasteiger partial charge in [0.15, 0.2) is 0 Å². The third-order valence-corrected chi connectivity index (χ3v) is 2.79. The van der Waals surface area contributed by atoms with Crippen LogP contribution in [0.15, 0.2) is 48.5 Å². The molecule has 2 aromatic rings. The van der Waals surface area contributed by atoms with Crippen LogP contribution in [0.1, 0.15) is 5.56 Å². The number of nitrogens with zero attached hydrogens (tertiary/aromatic N) is 1. The van der Waals surface area contributed by atoms with E-state index >= 15 is 0 Å². The van der Waals surface area contributed by atoms with Gasteiger partial charge in [-0.1, -0.05) is 6.07 Å². The third kappa shape index (κ3) is 5.13. The summed E-state index contributed by atoms with van der Waals surface area (Å²) < 4.78 is 13.0. The number of carbonyl (C=O) groups is 2. The molecule has 0 spiro atoms. The Morgan fingerprint density at radius 1 is 1.04 bits per heavy atom. The molecule has 0 saturated heterocycles. The molecule has 0 aliphatic rings. The monoisotopic (exact) mass is 312 g/mol. The second-order valence-electron chi connectivity index (χ2n) is 4.56. The van der Waals surface area contributed by atoms with Gasteiger partial charge in [-0.25, -0.2) is 9.18 Å². The Morgan fingerprint density at radius 3 is 2.43 bits per heavy atom. The normalized spacial score (nSPS) is 9.57. The number of nitrogens with one attached hydrogen (secondary N) is 3. The van der Waals surface area contributed by atoms with Crippen LogP contribution in [0.5, 0.6) is 0 Å². The van der Waals surface area contributed by atoms with E-state index in [1.165, 1.54) is 24.3 Å². The number of hydrogen-bond donors (Lipinski definition) is 3. The molecule has 0 atom stereocenters. The zero-order chi connectivity index (χ0) is 16.7. The van der Waals surface area contributed by atoms with Crippen molar-refractivity contribution in [1.29, 1.82) is 5.26 Å². The zero-order valence-electron chi connectivity index (χ0n) is 12.0. The van der Waals surface area contributed by atoms with E-state index in [2.05, 4.69) is 16.0 Å². The fourth-order valence-corrected chi connectivity index (χ4v) is 1.74. The molecule has 0 heterocycles. The maximum Gasteiger partial charge on any atom is 0.319 e. The highest BCUT2D eigenvalue weighted by Crippen LogP contribution is 2.09. The van der Waals surface area contributed by atoms with Gasteiger partial charge in [-0.2, -0.15) is 5.26 Å².